The highest BCUT2D eigenvalue weighted by molar-refractivity contribution is 5.33. The summed E-state index contributed by atoms with van der Waals surface area (Å²) in [6.07, 6.45) is 8.13. The third-order valence-electron chi connectivity index (χ3n) is 3.61. The summed E-state index contributed by atoms with van der Waals surface area (Å²) in [5, 5.41) is 7.85. The largest absolute Gasteiger partial charge is 0.367 e. The number of hydrogen-bond acceptors (Lipinski definition) is 3. The highest BCUT2D eigenvalue weighted by Gasteiger charge is 2.27. The van der Waals surface area contributed by atoms with Gasteiger partial charge in [-0.15, -0.1) is 0 Å². The summed E-state index contributed by atoms with van der Waals surface area (Å²) in [5.41, 5.74) is 6.35. The Hall–Kier alpha value is -1.03. The van der Waals surface area contributed by atoms with Crippen LogP contribution in [0.1, 0.15) is 52.0 Å². The molecule has 17 heavy (non-hydrogen) atoms. The van der Waals surface area contributed by atoms with Crippen molar-refractivity contribution >= 4 is 5.82 Å². The van der Waals surface area contributed by atoms with Gasteiger partial charge < -0.3 is 11.1 Å². The van der Waals surface area contributed by atoms with E-state index in [9.17, 15) is 0 Å². The van der Waals surface area contributed by atoms with E-state index in [4.69, 9.17) is 5.73 Å². The summed E-state index contributed by atoms with van der Waals surface area (Å²) in [6, 6.07) is 2.43. The molecule has 1 heterocycles. The van der Waals surface area contributed by atoms with Crippen LogP contribution >= 0.6 is 0 Å². The van der Waals surface area contributed by atoms with E-state index in [1.807, 2.05) is 16.9 Å². The minimum absolute atomic E-state index is 0.0279. The molecule has 0 amide bonds. The second-order valence-electron chi connectivity index (χ2n) is 5.55. The Morgan fingerprint density at radius 2 is 2.12 bits per heavy atom. The number of aromatic nitrogens is 2. The smallest absolute Gasteiger partial charge is 0.148 e. The molecule has 1 fully saturated rings. The van der Waals surface area contributed by atoms with Gasteiger partial charge in [0.25, 0.3) is 0 Å². The third-order valence-corrected chi connectivity index (χ3v) is 3.61. The molecule has 2 rings (SSSR count). The Morgan fingerprint density at radius 3 is 2.71 bits per heavy atom. The first-order valence-corrected chi connectivity index (χ1v) is 6.67. The average Bonchev–Trinajstić information content (AvgIpc) is 2.76. The maximum atomic E-state index is 6.38. The molecule has 4 heteroatoms. The molecule has 1 aliphatic carbocycles. The first-order chi connectivity index (χ1) is 8.09. The van der Waals surface area contributed by atoms with Gasteiger partial charge in [-0.2, -0.15) is 5.10 Å². The van der Waals surface area contributed by atoms with Gasteiger partial charge in [0.1, 0.15) is 5.82 Å². The molecule has 3 N–H and O–H groups in total. The maximum Gasteiger partial charge on any atom is 0.148 e. The monoisotopic (exact) mass is 236 g/mol. The standard InChI is InChI=1S/C13H24N4/c1-11(2)17-9-6-12(16-17)15-10-13(14)7-4-3-5-8-13/h6,9,11H,3-5,7-8,10,14H2,1-2H3,(H,15,16). The van der Waals surface area contributed by atoms with Crippen molar-refractivity contribution in [3.8, 4) is 0 Å². The van der Waals surface area contributed by atoms with E-state index in [2.05, 4.69) is 24.3 Å². The highest BCUT2D eigenvalue weighted by atomic mass is 15.3. The molecule has 96 valence electrons. The summed E-state index contributed by atoms with van der Waals surface area (Å²) >= 11 is 0. The molecule has 4 nitrogen and oxygen atoms in total. The molecule has 1 saturated carbocycles. The molecule has 0 aromatic carbocycles. The number of hydrogen-bond donors (Lipinski definition) is 2. The summed E-state index contributed by atoms with van der Waals surface area (Å²) in [6.45, 7) is 5.09. The Morgan fingerprint density at radius 1 is 1.41 bits per heavy atom. The third kappa shape index (κ3) is 3.22. The van der Waals surface area contributed by atoms with Gasteiger partial charge in [0.15, 0.2) is 0 Å². The summed E-state index contributed by atoms with van der Waals surface area (Å²) in [7, 11) is 0. The van der Waals surface area contributed by atoms with Crippen LogP contribution in [0.4, 0.5) is 5.82 Å². The zero-order chi connectivity index (χ0) is 12.3. The number of nitrogens with two attached hydrogens (primary N) is 1. The molecule has 0 bridgehead atoms. The zero-order valence-corrected chi connectivity index (χ0v) is 10.9. The SMILES string of the molecule is CC(C)n1ccc(NCC2(N)CCCCC2)n1. The zero-order valence-electron chi connectivity index (χ0n) is 10.9. The lowest BCUT2D eigenvalue weighted by Gasteiger charge is -2.33. The van der Waals surface area contributed by atoms with E-state index in [0.717, 1.165) is 25.2 Å². The molecule has 0 unspecified atom stereocenters. The molecule has 1 aromatic rings. The lowest BCUT2D eigenvalue weighted by Crippen LogP contribution is -2.47. The van der Waals surface area contributed by atoms with Crippen LogP contribution < -0.4 is 11.1 Å². The van der Waals surface area contributed by atoms with Gasteiger partial charge in [0.2, 0.25) is 0 Å². The van der Waals surface area contributed by atoms with Crippen molar-refractivity contribution in [2.24, 2.45) is 5.73 Å². The van der Waals surface area contributed by atoms with Crippen molar-refractivity contribution < 1.29 is 0 Å². The van der Waals surface area contributed by atoms with Crippen molar-refractivity contribution in [3.63, 3.8) is 0 Å². The van der Waals surface area contributed by atoms with Crippen LogP contribution in [-0.4, -0.2) is 21.9 Å². The fourth-order valence-electron chi connectivity index (χ4n) is 2.42. The first kappa shape index (κ1) is 12.4. The molecule has 0 radical (unpaired) electrons. The van der Waals surface area contributed by atoms with E-state index >= 15 is 0 Å². The van der Waals surface area contributed by atoms with Crippen molar-refractivity contribution in [2.75, 3.05) is 11.9 Å². The number of anilines is 1. The van der Waals surface area contributed by atoms with E-state index in [-0.39, 0.29) is 5.54 Å². The summed E-state index contributed by atoms with van der Waals surface area (Å²) in [4.78, 5) is 0. The van der Waals surface area contributed by atoms with Gasteiger partial charge in [-0.1, -0.05) is 19.3 Å². The first-order valence-electron chi connectivity index (χ1n) is 6.67. The number of nitrogens with one attached hydrogen (secondary N) is 1. The van der Waals surface area contributed by atoms with Gasteiger partial charge in [-0.3, -0.25) is 4.68 Å². The second-order valence-corrected chi connectivity index (χ2v) is 5.55. The van der Waals surface area contributed by atoms with E-state index in [1.54, 1.807) is 0 Å². The molecule has 0 aliphatic heterocycles. The van der Waals surface area contributed by atoms with Crippen LogP contribution in [0.5, 0.6) is 0 Å². The molecule has 1 aromatic heterocycles. The Balaban J connectivity index is 1.88. The molecular weight excluding hydrogens is 212 g/mol. The normalized spacial score (nSPS) is 19.5. The molecular formula is C13H24N4. The van der Waals surface area contributed by atoms with E-state index in [1.165, 1.54) is 19.3 Å². The summed E-state index contributed by atoms with van der Waals surface area (Å²) < 4.78 is 1.96. The van der Waals surface area contributed by atoms with Gasteiger partial charge in [0.05, 0.1) is 0 Å². The minimum Gasteiger partial charge on any atom is -0.367 e. The molecule has 1 aliphatic rings. The molecule has 0 saturated heterocycles. The van der Waals surface area contributed by atoms with Crippen LogP contribution in [-0.2, 0) is 0 Å². The van der Waals surface area contributed by atoms with Crippen LogP contribution in [0.15, 0.2) is 12.3 Å². The van der Waals surface area contributed by atoms with Crippen molar-refractivity contribution in [2.45, 2.75) is 57.5 Å². The molecule has 0 atom stereocenters. The van der Waals surface area contributed by atoms with Crippen LogP contribution in [0.3, 0.4) is 0 Å². The fourth-order valence-corrected chi connectivity index (χ4v) is 2.42. The van der Waals surface area contributed by atoms with Crippen LogP contribution in [0.2, 0.25) is 0 Å². The fraction of sp³-hybridized carbons (Fsp3) is 0.769. The maximum absolute atomic E-state index is 6.38. The van der Waals surface area contributed by atoms with Gasteiger partial charge in [-0.25, -0.2) is 0 Å². The lowest BCUT2D eigenvalue weighted by atomic mass is 9.82. The average molecular weight is 236 g/mol. The van der Waals surface area contributed by atoms with Crippen molar-refractivity contribution in [1.82, 2.24) is 9.78 Å². The van der Waals surface area contributed by atoms with Crippen molar-refractivity contribution in [1.29, 1.82) is 0 Å². The minimum atomic E-state index is -0.0279. The highest BCUT2D eigenvalue weighted by Crippen LogP contribution is 2.26. The molecule has 0 spiro atoms. The predicted molar refractivity (Wildman–Crippen MR) is 71.1 cm³/mol. The Bertz CT molecular complexity index is 350. The van der Waals surface area contributed by atoms with E-state index in [0.29, 0.717) is 6.04 Å². The topological polar surface area (TPSA) is 55.9 Å². The van der Waals surface area contributed by atoms with Crippen LogP contribution in [0, 0.1) is 0 Å². The predicted octanol–water partition coefficient (Wildman–Crippen LogP) is 2.54. The number of nitrogens with zero attached hydrogens (tertiary/aromatic N) is 2. The quantitative estimate of drug-likeness (QED) is 0.844. The summed E-state index contributed by atoms with van der Waals surface area (Å²) in [5.74, 6) is 0.939. The van der Waals surface area contributed by atoms with E-state index < -0.39 is 0 Å². The lowest BCUT2D eigenvalue weighted by molar-refractivity contribution is 0.311. The van der Waals surface area contributed by atoms with Crippen molar-refractivity contribution in [3.05, 3.63) is 12.3 Å². The Labute approximate surface area is 104 Å². The van der Waals surface area contributed by atoms with Gasteiger partial charge in [0, 0.05) is 30.4 Å². The second kappa shape index (κ2) is 5.08. The van der Waals surface area contributed by atoms with Gasteiger partial charge >= 0.3 is 0 Å². The van der Waals surface area contributed by atoms with Gasteiger partial charge in [-0.05, 0) is 26.7 Å². The number of rotatable bonds is 4. The Kier molecular flexibility index (Phi) is 3.72. The van der Waals surface area contributed by atoms with Crippen LogP contribution in [0.25, 0.3) is 0 Å².